The van der Waals surface area contributed by atoms with Crippen LogP contribution in [0.25, 0.3) is 0 Å². The fraction of sp³-hybridized carbons (Fsp3) is 0.600. The van der Waals surface area contributed by atoms with E-state index in [1.54, 1.807) is 35.3 Å². The molecule has 156 valence electrons. The molecule has 0 saturated carbocycles. The summed E-state index contributed by atoms with van der Waals surface area (Å²) in [4.78, 5) is 0. The van der Waals surface area contributed by atoms with Gasteiger partial charge in [-0.2, -0.15) is 0 Å². The molecular weight excluding hydrogens is 429 g/mol. The molecule has 0 aromatic carbocycles. The second kappa shape index (κ2) is 20.5. The number of rotatable bonds is 9. The van der Waals surface area contributed by atoms with Crippen molar-refractivity contribution in [3.05, 3.63) is 0 Å². The van der Waals surface area contributed by atoms with Crippen LogP contribution in [0, 0.1) is 55.9 Å². The lowest BCUT2D eigenvalue weighted by molar-refractivity contribution is 0.746. The second-order valence-electron chi connectivity index (χ2n) is 5.99. The van der Waals surface area contributed by atoms with Gasteiger partial charge in [0.05, 0.1) is 5.25 Å². The minimum absolute atomic E-state index is 0.221. The van der Waals surface area contributed by atoms with E-state index in [1.165, 1.54) is 18.2 Å². The first-order chi connectivity index (χ1) is 14.2. The van der Waals surface area contributed by atoms with Crippen LogP contribution in [0.4, 0.5) is 0 Å². The zero-order valence-electron chi connectivity index (χ0n) is 18.4. The van der Waals surface area contributed by atoms with Crippen LogP contribution in [0.1, 0.15) is 86.0 Å². The fourth-order valence-corrected chi connectivity index (χ4v) is 5.73. The van der Waals surface area contributed by atoms with E-state index in [-0.39, 0.29) is 5.25 Å². The first kappa shape index (κ1) is 28.2. The van der Waals surface area contributed by atoms with Crippen LogP contribution in [-0.2, 0) is 0 Å². The molecule has 0 aliphatic rings. The largest absolute Gasteiger partial charge is 0.159 e. The van der Waals surface area contributed by atoms with Gasteiger partial charge in [-0.05, 0) is 76.0 Å². The van der Waals surface area contributed by atoms with Crippen molar-refractivity contribution in [3.8, 4) is 55.9 Å². The highest BCUT2D eigenvalue weighted by Gasteiger charge is 2.39. The van der Waals surface area contributed by atoms with Crippen molar-refractivity contribution in [3.63, 3.8) is 0 Å². The number of unbranched alkanes of at least 4 members (excludes halogenated alkanes) is 3. The summed E-state index contributed by atoms with van der Waals surface area (Å²) in [6, 6.07) is 0. The van der Waals surface area contributed by atoms with Crippen molar-refractivity contribution < 1.29 is 0 Å². The summed E-state index contributed by atoms with van der Waals surface area (Å²) in [6.45, 7) is 10.5. The first-order valence-electron chi connectivity index (χ1n) is 10.3. The van der Waals surface area contributed by atoms with E-state index in [1.807, 2.05) is 6.92 Å². The Morgan fingerprint density at radius 2 is 1.48 bits per heavy atom. The topological polar surface area (TPSA) is 0 Å². The molecule has 0 aromatic heterocycles. The van der Waals surface area contributed by atoms with Gasteiger partial charge in [-0.3, -0.25) is 0 Å². The van der Waals surface area contributed by atoms with Crippen molar-refractivity contribution >= 4 is 47.0 Å². The highest BCUT2D eigenvalue weighted by molar-refractivity contribution is 8.24. The van der Waals surface area contributed by atoms with Gasteiger partial charge in [0.15, 0.2) is 4.08 Å². The average Bonchev–Trinajstić information content (AvgIpc) is 2.73. The maximum Gasteiger partial charge on any atom is 0.159 e. The maximum absolute atomic E-state index is 3.50. The molecule has 0 nitrogen and oxygen atoms in total. The highest BCUT2D eigenvalue weighted by atomic mass is 32.2. The Morgan fingerprint density at radius 3 is 2.10 bits per heavy atom. The Kier molecular flexibility index (Phi) is 19.9. The average molecular weight is 461 g/mol. The normalized spacial score (nSPS) is 12.0. The van der Waals surface area contributed by atoms with Crippen LogP contribution in [0.15, 0.2) is 0 Å². The highest BCUT2D eigenvalue weighted by Crippen LogP contribution is 2.46. The summed E-state index contributed by atoms with van der Waals surface area (Å²) in [5.41, 5.74) is 0. The number of hydrogen-bond acceptors (Lipinski definition) is 4. The maximum atomic E-state index is 3.50. The Labute approximate surface area is 197 Å². The third-order valence-electron chi connectivity index (χ3n) is 3.43. The van der Waals surface area contributed by atoms with Crippen LogP contribution in [0.5, 0.6) is 0 Å². The monoisotopic (exact) mass is 460 g/mol. The Balaban J connectivity index is 5.86. The molecular formula is C25H32S4. The van der Waals surface area contributed by atoms with E-state index in [2.05, 4.69) is 83.6 Å². The molecule has 2 unspecified atom stereocenters. The number of hydrogen-bond donors (Lipinski definition) is 0. The zero-order valence-corrected chi connectivity index (χ0v) is 21.6. The molecule has 0 saturated heterocycles. The van der Waals surface area contributed by atoms with Gasteiger partial charge in [0.1, 0.15) is 0 Å². The predicted octanol–water partition coefficient (Wildman–Crippen LogP) is 8.01. The van der Waals surface area contributed by atoms with Gasteiger partial charge in [-0.1, -0.05) is 81.9 Å². The van der Waals surface area contributed by atoms with Gasteiger partial charge in [-0.25, -0.2) is 0 Å². The molecule has 0 N–H and O–H groups in total. The van der Waals surface area contributed by atoms with Crippen LogP contribution < -0.4 is 0 Å². The third kappa shape index (κ3) is 13.9. The molecule has 0 rings (SSSR count). The van der Waals surface area contributed by atoms with E-state index in [0.717, 1.165) is 44.9 Å². The van der Waals surface area contributed by atoms with Crippen LogP contribution >= 0.6 is 47.0 Å². The predicted molar refractivity (Wildman–Crippen MR) is 141 cm³/mol. The summed E-state index contributed by atoms with van der Waals surface area (Å²) >= 11 is 6.25. The van der Waals surface area contributed by atoms with Crippen molar-refractivity contribution in [1.82, 2.24) is 0 Å². The molecule has 0 fully saturated rings. The van der Waals surface area contributed by atoms with Gasteiger partial charge in [0.25, 0.3) is 0 Å². The quantitative estimate of drug-likeness (QED) is 0.194. The zero-order chi connectivity index (χ0) is 21.6. The van der Waals surface area contributed by atoms with E-state index >= 15 is 0 Å². The number of thioether (sulfide) groups is 4. The first-order valence-corrected chi connectivity index (χ1v) is 13.6. The third-order valence-corrected chi connectivity index (χ3v) is 7.75. The Morgan fingerprint density at radius 1 is 0.759 bits per heavy atom. The van der Waals surface area contributed by atoms with E-state index in [4.69, 9.17) is 0 Å². The Hall–Kier alpha value is -0.800. The molecule has 29 heavy (non-hydrogen) atoms. The summed E-state index contributed by atoms with van der Waals surface area (Å²) in [6.07, 6.45) is 8.13. The second-order valence-corrected chi connectivity index (χ2v) is 9.98. The van der Waals surface area contributed by atoms with Crippen molar-refractivity contribution in [2.75, 3.05) is 0 Å². The molecule has 0 radical (unpaired) electrons. The van der Waals surface area contributed by atoms with Crippen molar-refractivity contribution in [1.29, 1.82) is 0 Å². The van der Waals surface area contributed by atoms with Gasteiger partial charge >= 0.3 is 0 Å². The summed E-state index contributed by atoms with van der Waals surface area (Å²) < 4.78 is -0.439. The standard InChI is InChI=1S/C25H32S4/c1-6-11-14-16-20-26-23-18-25(28-21-13-8-3,29-22-15-12-7-2)24(17-9-4)27-19-10-5/h24H,6-9,11-12,14,17H2,1-5H3. The smallest absolute Gasteiger partial charge is 0.0947 e. The van der Waals surface area contributed by atoms with Gasteiger partial charge < -0.3 is 0 Å². The van der Waals surface area contributed by atoms with Gasteiger partial charge in [0, 0.05) is 31.0 Å². The van der Waals surface area contributed by atoms with Crippen LogP contribution in [0.3, 0.4) is 0 Å². The minimum atomic E-state index is -0.439. The molecule has 2 atom stereocenters. The SMILES string of the molecule is CC#CSC(CCC)C(C#CSC#CCCCC)(SC#CCC)SC#CCCC. The molecule has 0 heterocycles. The summed E-state index contributed by atoms with van der Waals surface area (Å²) in [5, 5.41) is 16.4. The van der Waals surface area contributed by atoms with Crippen LogP contribution in [-0.4, -0.2) is 9.33 Å². The molecule has 0 spiro atoms. The minimum Gasteiger partial charge on any atom is -0.0947 e. The van der Waals surface area contributed by atoms with Gasteiger partial charge in [0.2, 0.25) is 0 Å². The van der Waals surface area contributed by atoms with Gasteiger partial charge in [-0.15, -0.1) is 0 Å². The fourth-order valence-electron chi connectivity index (χ4n) is 1.95. The Bertz CT molecular complexity index is 743. The lowest BCUT2D eigenvalue weighted by Gasteiger charge is -2.30. The van der Waals surface area contributed by atoms with Crippen LogP contribution in [0.2, 0.25) is 0 Å². The van der Waals surface area contributed by atoms with E-state index in [0.29, 0.717) is 0 Å². The lowest BCUT2D eigenvalue weighted by Crippen LogP contribution is -2.31. The summed E-state index contributed by atoms with van der Waals surface area (Å²) in [5.74, 6) is 16.1. The lowest BCUT2D eigenvalue weighted by atomic mass is 10.2. The van der Waals surface area contributed by atoms with E-state index < -0.39 is 4.08 Å². The molecule has 0 bridgehead atoms. The molecule has 4 heteroatoms. The van der Waals surface area contributed by atoms with Crippen molar-refractivity contribution in [2.24, 2.45) is 0 Å². The molecule has 0 aliphatic carbocycles. The van der Waals surface area contributed by atoms with E-state index in [9.17, 15) is 0 Å². The van der Waals surface area contributed by atoms with Crippen molar-refractivity contribution in [2.45, 2.75) is 95.3 Å². The molecule has 0 aromatic rings. The summed E-state index contributed by atoms with van der Waals surface area (Å²) in [7, 11) is 0. The molecule has 0 aliphatic heterocycles. The molecule has 0 amide bonds.